The standard InChI is InChI=1S/C29H31N2Se.ClH/c1-20-15-21(2)17-24(16-20)25-18-28(22-7-11-26(12-8-22)30(3)4)32-29(19-25)23-9-13-27(14-10-23)31(5)6;/h7-19H,1-6H3;1H/q+1;/p-1. The molecule has 0 amide bonds. The van der Waals surface area contributed by atoms with Gasteiger partial charge in [-0.15, -0.1) is 0 Å². The van der Waals surface area contributed by atoms with Gasteiger partial charge in [0.2, 0.25) is 0 Å². The summed E-state index contributed by atoms with van der Waals surface area (Å²) in [6, 6.07) is 15.8. The van der Waals surface area contributed by atoms with Gasteiger partial charge in [-0.3, -0.25) is 0 Å². The van der Waals surface area contributed by atoms with Gasteiger partial charge in [0.15, 0.2) is 0 Å². The molecule has 0 spiro atoms. The van der Waals surface area contributed by atoms with Crippen LogP contribution in [0.2, 0.25) is 0 Å². The maximum atomic E-state index is 2.40. The Balaban J connectivity index is 0.00000306. The maximum absolute atomic E-state index is 2.40. The molecule has 170 valence electrons. The van der Waals surface area contributed by atoms with Crippen LogP contribution in [0.4, 0.5) is 5.69 Å². The van der Waals surface area contributed by atoms with Crippen LogP contribution >= 0.6 is 0 Å². The molecule has 1 aliphatic heterocycles. The number of aryl methyl sites for hydroxylation is 2. The molecule has 0 N–H and O–H groups in total. The number of hydrogen-bond donors (Lipinski definition) is 0. The van der Waals surface area contributed by atoms with E-state index in [1.54, 1.807) is 0 Å². The minimum absolute atomic E-state index is 0. The summed E-state index contributed by atoms with van der Waals surface area (Å²) in [5.74, 6) is 0. The largest absolute Gasteiger partial charge is 1.00 e. The molecule has 0 radical (unpaired) electrons. The smallest absolute Gasteiger partial charge is 1.00 e. The van der Waals surface area contributed by atoms with Crippen LogP contribution in [-0.4, -0.2) is 53.4 Å². The van der Waals surface area contributed by atoms with E-state index in [1.807, 2.05) is 0 Å². The maximum Gasteiger partial charge on any atom is -1.00 e. The summed E-state index contributed by atoms with van der Waals surface area (Å²) >= 11 is 0.238. The average Bonchev–Trinajstić information content (AvgIpc) is 2.78. The van der Waals surface area contributed by atoms with Gasteiger partial charge in [-0.2, -0.15) is 0 Å². The summed E-state index contributed by atoms with van der Waals surface area (Å²) in [5.41, 5.74) is 10.3. The van der Waals surface area contributed by atoms with Crippen molar-refractivity contribution in [3.63, 3.8) is 0 Å². The van der Waals surface area contributed by atoms with Crippen molar-refractivity contribution in [2.45, 2.75) is 13.8 Å². The molecule has 2 aromatic carbocycles. The van der Waals surface area contributed by atoms with E-state index < -0.39 is 0 Å². The molecular formula is C29H31ClN2Se. The number of rotatable bonds is 3. The first kappa shape index (κ1) is 25.1. The van der Waals surface area contributed by atoms with Gasteiger partial charge in [-0.1, -0.05) is 0 Å². The molecule has 33 heavy (non-hydrogen) atoms. The van der Waals surface area contributed by atoms with E-state index in [-0.39, 0.29) is 27.4 Å². The van der Waals surface area contributed by atoms with Crippen molar-refractivity contribution in [3.05, 3.63) is 111 Å². The zero-order valence-electron chi connectivity index (χ0n) is 20.2. The normalized spacial score (nSPS) is 15.2. The fourth-order valence-corrected chi connectivity index (χ4v) is 6.28. The molecular weight excluding hydrogens is 491 g/mol. The van der Waals surface area contributed by atoms with Crippen LogP contribution in [0.5, 0.6) is 0 Å². The minimum atomic E-state index is 0. The molecule has 0 saturated carbocycles. The van der Waals surface area contributed by atoms with Crippen LogP contribution in [0, 0.1) is 13.8 Å². The van der Waals surface area contributed by atoms with Gasteiger partial charge in [0.1, 0.15) is 0 Å². The second-order valence-electron chi connectivity index (χ2n) is 8.83. The Morgan fingerprint density at radius 3 is 1.91 bits per heavy atom. The number of halogens is 1. The molecule has 1 heterocycles. The van der Waals surface area contributed by atoms with Crippen molar-refractivity contribution in [2.24, 2.45) is 0 Å². The van der Waals surface area contributed by atoms with Crippen LogP contribution < -0.4 is 17.3 Å². The van der Waals surface area contributed by atoms with Gasteiger partial charge in [0.05, 0.1) is 0 Å². The predicted molar refractivity (Wildman–Crippen MR) is 141 cm³/mol. The number of benzene rings is 2. The van der Waals surface area contributed by atoms with E-state index in [0.29, 0.717) is 0 Å². The van der Waals surface area contributed by atoms with E-state index in [1.165, 1.54) is 53.7 Å². The first-order valence-corrected chi connectivity index (χ1v) is 12.6. The van der Waals surface area contributed by atoms with Crippen molar-refractivity contribution in [2.75, 3.05) is 33.1 Å². The fraction of sp³-hybridized carbons (Fsp3) is 0.207. The summed E-state index contributed by atoms with van der Waals surface area (Å²) in [7, 11) is 8.35. The van der Waals surface area contributed by atoms with E-state index in [0.717, 1.165) is 0 Å². The Labute approximate surface area is 211 Å². The summed E-state index contributed by atoms with van der Waals surface area (Å²) in [6.07, 6.45) is 13.8. The topological polar surface area (TPSA) is 6.25 Å². The minimum Gasteiger partial charge on any atom is -1.00 e. The monoisotopic (exact) mass is 522 g/mol. The number of hydrogen-bond acceptors (Lipinski definition) is 1. The van der Waals surface area contributed by atoms with E-state index in [2.05, 4.69) is 130 Å². The molecule has 4 rings (SSSR count). The number of allylic oxidation sites excluding steroid dienone is 9. The molecule has 0 saturated heterocycles. The molecule has 0 bridgehead atoms. The summed E-state index contributed by atoms with van der Waals surface area (Å²) in [5, 5.41) is 0. The Morgan fingerprint density at radius 2 is 1.36 bits per heavy atom. The third-order valence-electron chi connectivity index (χ3n) is 5.68. The number of nitrogens with zero attached hydrogens (tertiary/aromatic N) is 2. The Morgan fingerprint density at radius 1 is 0.758 bits per heavy atom. The zero-order chi connectivity index (χ0) is 22.8. The molecule has 0 fully saturated rings. The summed E-state index contributed by atoms with van der Waals surface area (Å²) in [6.45, 7) is 4.36. The molecule has 0 unspecified atom stereocenters. The Bertz CT molecular complexity index is 1200. The van der Waals surface area contributed by atoms with Crippen molar-refractivity contribution >= 4 is 36.4 Å². The van der Waals surface area contributed by atoms with Gasteiger partial charge < -0.3 is 12.4 Å². The van der Waals surface area contributed by atoms with Crippen molar-refractivity contribution in [1.29, 1.82) is 0 Å². The van der Waals surface area contributed by atoms with Crippen LogP contribution in [0.25, 0.3) is 10.0 Å². The molecule has 4 heteroatoms. The van der Waals surface area contributed by atoms with Crippen LogP contribution in [0.15, 0.2) is 89.0 Å². The van der Waals surface area contributed by atoms with Crippen molar-refractivity contribution in [1.82, 2.24) is 0 Å². The van der Waals surface area contributed by atoms with E-state index >= 15 is 0 Å². The molecule has 0 aromatic heterocycles. The Hall–Kier alpha value is -2.58. The first-order valence-electron chi connectivity index (χ1n) is 10.9. The second-order valence-corrected chi connectivity index (χ2v) is 11.1. The molecule has 2 nitrogen and oxygen atoms in total. The first-order chi connectivity index (χ1) is 15.3. The van der Waals surface area contributed by atoms with Crippen LogP contribution in [-0.2, 0) is 0 Å². The quantitative estimate of drug-likeness (QED) is 0.445. The van der Waals surface area contributed by atoms with Crippen molar-refractivity contribution in [3.8, 4) is 0 Å². The van der Waals surface area contributed by atoms with Gasteiger partial charge in [-0.05, 0) is 0 Å². The molecule has 2 aliphatic rings. The zero-order valence-corrected chi connectivity index (χ0v) is 22.7. The predicted octanol–water partition coefficient (Wildman–Crippen LogP) is 2.61. The molecule has 1 aliphatic carbocycles. The summed E-state index contributed by atoms with van der Waals surface area (Å²) in [4.78, 5) is 2.15. The Kier molecular flexibility index (Phi) is 8.02. The van der Waals surface area contributed by atoms with Crippen LogP contribution in [0.3, 0.4) is 0 Å². The molecule has 2 aromatic rings. The van der Waals surface area contributed by atoms with Crippen LogP contribution in [0.1, 0.15) is 22.3 Å². The third kappa shape index (κ3) is 5.86. The third-order valence-corrected chi connectivity index (χ3v) is 8.09. The van der Waals surface area contributed by atoms with E-state index in [4.69, 9.17) is 0 Å². The van der Waals surface area contributed by atoms with Crippen molar-refractivity contribution < 1.29 is 17.0 Å². The molecule has 0 atom stereocenters. The van der Waals surface area contributed by atoms with Gasteiger partial charge in [-0.25, -0.2) is 0 Å². The second kappa shape index (κ2) is 10.6. The van der Waals surface area contributed by atoms with E-state index in [9.17, 15) is 0 Å². The van der Waals surface area contributed by atoms with Gasteiger partial charge >= 0.3 is 199 Å². The summed E-state index contributed by atoms with van der Waals surface area (Å²) < 4.78 is 4.99. The fourth-order valence-electron chi connectivity index (χ4n) is 3.94. The van der Waals surface area contributed by atoms with Gasteiger partial charge in [0.25, 0.3) is 0 Å². The van der Waals surface area contributed by atoms with Gasteiger partial charge in [0, 0.05) is 0 Å². The SMILES string of the molecule is Cc1cc(C)cc(C2=CC(=C3C=CC(=[N+](C)C)C=C3)[Se]C(c3ccc(N(C)C)cc3)=C2)c1.[Cl-]. The average molecular weight is 522 g/mol. The number of anilines is 1.